The van der Waals surface area contributed by atoms with Gasteiger partial charge in [-0.25, -0.2) is 0 Å². The molecule has 0 spiro atoms. The topological polar surface area (TPSA) is 41.6 Å². The summed E-state index contributed by atoms with van der Waals surface area (Å²) in [6.07, 6.45) is 2.41. The summed E-state index contributed by atoms with van der Waals surface area (Å²) in [7, 11) is 0. The maximum atomic E-state index is 11.9. The minimum atomic E-state index is 0.0565. The van der Waals surface area contributed by atoms with E-state index in [0.717, 1.165) is 38.2 Å². The van der Waals surface area contributed by atoms with Gasteiger partial charge < -0.3 is 10.1 Å². The van der Waals surface area contributed by atoms with Crippen LogP contribution in [0.5, 0.6) is 0 Å². The molecule has 0 aliphatic carbocycles. The summed E-state index contributed by atoms with van der Waals surface area (Å²) in [5.74, 6) is 0.0565. The zero-order valence-electron chi connectivity index (χ0n) is 11.5. The number of carbonyl (C=O) groups is 1. The molecule has 1 aliphatic heterocycles. The normalized spacial score (nSPS) is 17.3. The molecular formula is C15H22N2O2. The molecule has 0 atom stereocenters. The maximum absolute atomic E-state index is 11.9. The highest BCUT2D eigenvalue weighted by Gasteiger charge is 2.20. The van der Waals surface area contributed by atoms with Crippen molar-refractivity contribution in [2.24, 2.45) is 0 Å². The predicted molar refractivity (Wildman–Crippen MR) is 76.2 cm³/mol. The number of ether oxygens (including phenoxy) is 1. The van der Waals surface area contributed by atoms with Crippen LogP contribution >= 0.6 is 0 Å². The van der Waals surface area contributed by atoms with Gasteiger partial charge in [0.25, 0.3) is 0 Å². The van der Waals surface area contributed by atoms with E-state index in [1.807, 2.05) is 37.3 Å². The lowest BCUT2D eigenvalue weighted by Gasteiger charge is -2.31. The van der Waals surface area contributed by atoms with E-state index in [2.05, 4.69) is 10.2 Å². The van der Waals surface area contributed by atoms with Crippen LogP contribution in [0.2, 0.25) is 0 Å². The molecule has 0 unspecified atom stereocenters. The molecule has 1 saturated heterocycles. The minimum Gasteiger partial charge on any atom is -0.378 e. The minimum absolute atomic E-state index is 0.0565. The Kier molecular flexibility index (Phi) is 5.36. The van der Waals surface area contributed by atoms with Gasteiger partial charge >= 0.3 is 0 Å². The first-order valence-electron chi connectivity index (χ1n) is 6.97. The number of para-hydroxylation sites is 1. The highest BCUT2D eigenvalue weighted by molar-refractivity contribution is 5.92. The van der Waals surface area contributed by atoms with E-state index in [-0.39, 0.29) is 5.91 Å². The lowest BCUT2D eigenvalue weighted by molar-refractivity contribution is -0.118. The summed E-state index contributed by atoms with van der Waals surface area (Å²) >= 11 is 0. The monoisotopic (exact) mass is 262 g/mol. The van der Waals surface area contributed by atoms with E-state index in [9.17, 15) is 4.79 Å². The highest BCUT2D eigenvalue weighted by Crippen LogP contribution is 2.13. The van der Waals surface area contributed by atoms with Crippen LogP contribution in [0.15, 0.2) is 30.3 Å². The summed E-state index contributed by atoms with van der Waals surface area (Å²) in [6, 6.07) is 9.58. The van der Waals surface area contributed by atoms with Crippen LogP contribution in [0, 0.1) is 0 Å². The zero-order valence-corrected chi connectivity index (χ0v) is 11.5. The molecule has 1 N–H and O–H groups in total. The molecular weight excluding hydrogens is 240 g/mol. The van der Waals surface area contributed by atoms with Crippen molar-refractivity contribution >= 4 is 11.6 Å². The lowest BCUT2D eigenvalue weighted by Crippen LogP contribution is -2.41. The Balaban J connectivity index is 1.72. The molecule has 1 heterocycles. The highest BCUT2D eigenvalue weighted by atomic mass is 16.5. The molecule has 4 heteroatoms. The van der Waals surface area contributed by atoms with E-state index in [1.54, 1.807) is 0 Å². The fraction of sp³-hybridized carbons (Fsp3) is 0.533. The zero-order chi connectivity index (χ0) is 13.5. The smallest absolute Gasteiger partial charge is 0.238 e. The van der Waals surface area contributed by atoms with Gasteiger partial charge in [-0.05, 0) is 31.9 Å². The van der Waals surface area contributed by atoms with E-state index < -0.39 is 0 Å². The maximum Gasteiger partial charge on any atom is 0.238 e. The molecule has 0 radical (unpaired) electrons. The van der Waals surface area contributed by atoms with Crippen molar-refractivity contribution < 1.29 is 9.53 Å². The van der Waals surface area contributed by atoms with Crippen LogP contribution < -0.4 is 5.32 Å². The average molecular weight is 262 g/mol. The Labute approximate surface area is 114 Å². The molecule has 1 aromatic carbocycles. The molecule has 104 valence electrons. The summed E-state index contributed by atoms with van der Waals surface area (Å²) in [5, 5.41) is 2.91. The molecule has 4 nitrogen and oxygen atoms in total. The number of anilines is 1. The Hall–Kier alpha value is -1.39. The number of nitrogens with zero attached hydrogens (tertiary/aromatic N) is 1. The van der Waals surface area contributed by atoms with E-state index >= 15 is 0 Å². The molecule has 0 aromatic heterocycles. The second-order valence-corrected chi connectivity index (χ2v) is 4.85. The van der Waals surface area contributed by atoms with Gasteiger partial charge in [0.1, 0.15) is 0 Å². The standard InChI is InChI=1S/C15H22N2O2/c1-2-19-14-8-10-17(11-9-14)12-15(18)16-13-6-4-3-5-7-13/h3-7,14H,2,8-12H2,1H3,(H,16,18). The Morgan fingerprint density at radius 1 is 1.32 bits per heavy atom. The summed E-state index contributed by atoms with van der Waals surface area (Å²) in [4.78, 5) is 14.1. The van der Waals surface area contributed by atoms with Crippen LogP contribution in [-0.4, -0.2) is 43.2 Å². The van der Waals surface area contributed by atoms with Crippen molar-refractivity contribution in [2.45, 2.75) is 25.9 Å². The van der Waals surface area contributed by atoms with Crippen LogP contribution in [0.25, 0.3) is 0 Å². The fourth-order valence-corrected chi connectivity index (χ4v) is 2.39. The van der Waals surface area contributed by atoms with E-state index in [1.165, 1.54) is 0 Å². The first-order chi connectivity index (χ1) is 9.28. The van der Waals surface area contributed by atoms with Crippen molar-refractivity contribution in [3.63, 3.8) is 0 Å². The molecule has 1 aliphatic rings. The number of benzene rings is 1. The quantitative estimate of drug-likeness (QED) is 0.884. The Bertz CT molecular complexity index is 386. The molecule has 1 amide bonds. The molecule has 0 saturated carbocycles. The van der Waals surface area contributed by atoms with Crippen LogP contribution in [0.3, 0.4) is 0 Å². The molecule has 1 aromatic rings. The number of rotatable bonds is 5. The molecule has 19 heavy (non-hydrogen) atoms. The van der Waals surface area contributed by atoms with Crippen molar-refractivity contribution in [3.05, 3.63) is 30.3 Å². The first-order valence-corrected chi connectivity index (χ1v) is 6.97. The van der Waals surface area contributed by atoms with Gasteiger partial charge in [-0.15, -0.1) is 0 Å². The summed E-state index contributed by atoms with van der Waals surface area (Å²) < 4.78 is 5.60. The summed E-state index contributed by atoms with van der Waals surface area (Å²) in [5.41, 5.74) is 0.858. The third-order valence-corrected chi connectivity index (χ3v) is 3.36. The van der Waals surface area contributed by atoms with Crippen molar-refractivity contribution in [1.82, 2.24) is 4.90 Å². The largest absolute Gasteiger partial charge is 0.378 e. The number of piperidine rings is 1. The lowest BCUT2D eigenvalue weighted by atomic mass is 10.1. The van der Waals surface area contributed by atoms with E-state index in [0.29, 0.717) is 12.6 Å². The third-order valence-electron chi connectivity index (χ3n) is 3.36. The predicted octanol–water partition coefficient (Wildman–Crippen LogP) is 2.13. The Morgan fingerprint density at radius 2 is 2.00 bits per heavy atom. The van der Waals surface area contributed by atoms with Crippen LogP contribution in [0.4, 0.5) is 5.69 Å². The van der Waals surface area contributed by atoms with Crippen molar-refractivity contribution in [1.29, 1.82) is 0 Å². The van der Waals surface area contributed by atoms with Crippen LogP contribution in [-0.2, 0) is 9.53 Å². The first kappa shape index (κ1) is 14.0. The van der Waals surface area contributed by atoms with Crippen molar-refractivity contribution in [3.8, 4) is 0 Å². The fourth-order valence-electron chi connectivity index (χ4n) is 2.39. The van der Waals surface area contributed by atoms with Gasteiger partial charge in [-0.1, -0.05) is 18.2 Å². The number of hydrogen-bond acceptors (Lipinski definition) is 3. The van der Waals surface area contributed by atoms with Crippen molar-refractivity contribution in [2.75, 3.05) is 31.6 Å². The molecule has 1 fully saturated rings. The second-order valence-electron chi connectivity index (χ2n) is 4.85. The van der Waals surface area contributed by atoms with Gasteiger partial charge in [0, 0.05) is 25.4 Å². The molecule has 0 bridgehead atoms. The van der Waals surface area contributed by atoms with Gasteiger partial charge in [-0.3, -0.25) is 9.69 Å². The van der Waals surface area contributed by atoms with Gasteiger partial charge in [0.2, 0.25) is 5.91 Å². The van der Waals surface area contributed by atoms with Gasteiger partial charge in [0.05, 0.1) is 12.6 Å². The summed E-state index contributed by atoms with van der Waals surface area (Å²) in [6.45, 7) is 5.15. The van der Waals surface area contributed by atoms with Gasteiger partial charge in [0.15, 0.2) is 0 Å². The Morgan fingerprint density at radius 3 is 2.63 bits per heavy atom. The number of nitrogens with one attached hydrogen (secondary N) is 1. The number of likely N-dealkylation sites (tertiary alicyclic amines) is 1. The second kappa shape index (κ2) is 7.26. The molecule has 2 rings (SSSR count). The third kappa shape index (κ3) is 4.65. The SMILES string of the molecule is CCOC1CCN(CC(=O)Nc2ccccc2)CC1. The number of carbonyl (C=O) groups excluding carboxylic acids is 1. The average Bonchev–Trinajstić information content (AvgIpc) is 2.42. The number of amides is 1. The van der Waals surface area contributed by atoms with E-state index in [4.69, 9.17) is 4.74 Å². The van der Waals surface area contributed by atoms with Gasteiger partial charge in [-0.2, -0.15) is 0 Å². The van der Waals surface area contributed by atoms with Crippen LogP contribution in [0.1, 0.15) is 19.8 Å². The number of hydrogen-bond donors (Lipinski definition) is 1.